The van der Waals surface area contributed by atoms with E-state index in [4.69, 9.17) is 9.47 Å². The van der Waals surface area contributed by atoms with Gasteiger partial charge in [-0.25, -0.2) is 17.8 Å². The third kappa shape index (κ3) is 4.63. The Morgan fingerprint density at radius 1 is 0.912 bits per heavy atom. The summed E-state index contributed by atoms with van der Waals surface area (Å²) in [7, 11) is -0.772. The summed E-state index contributed by atoms with van der Waals surface area (Å²) in [5, 5.41) is 12.9. The lowest BCUT2D eigenvalue weighted by molar-refractivity contribution is 0.354. The molecule has 0 radical (unpaired) electrons. The summed E-state index contributed by atoms with van der Waals surface area (Å²) in [5.41, 5.74) is 3.20. The fourth-order valence-electron chi connectivity index (χ4n) is 3.68. The van der Waals surface area contributed by atoms with Gasteiger partial charge in [0.25, 0.3) is 0 Å². The van der Waals surface area contributed by atoms with Crippen LogP contribution in [-0.2, 0) is 16.6 Å². The Kier molecular flexibility index (Phi) is 6.62. The molecule has 0 fully saturated rings. The molecule has 2 aromatic carbocycles. The van der Waals surface area contributed by atoms with E-state index in [0.29, 0.717) is 28.7 Å². The fourth-order valence-corrected chi connectivity index (χ4v) is 5.09. The lowest BCUT2D eigenvalue weighted by Gasteiger charge is -2.11. The zero-order valence-electron chi connectivity index (χ0n) is 19.3. The molecule has 0 aliphatic rings. The summed E-state index contributed by atoms with van der Waals surface area (Å²) in [6.45, 7) is 3.43. The number of benzene rings is 2. The first kappa shape index (κ1) is 23.4. The molecule has 9 nitrogen and oxygen atoms in total. The molecule has 2 heterocycles. The van der Waals surface area contributed by atoms with Crippen LogP contribution >= 0.6 is 0 Å². The molecule has 2 aromatic heterocycles. The van der Waals surface area contributed by atoms with Crippen molar-refractivity contribution in [3.8, 4) is 28.6 Å². The molecular weight excluding hydrogens is 454 g/mol. The van der Waals surface area contributed by atoms with Gasteiger partial charge in [-0.1, -0.05) is 36.4 Å². The Morgan fingerprint density at radius 3 is 2.29 bits per heavy atom. The molecule has 0 spiro atoms. The topological polar surface area (TPSA) is 108 Å². The molecule has 34 heavy (non-hydrogen) atoms. The van der Waals surface area contributed by atoms with Crippen molar-refractivity contribution < 1.29 is 17.9 Å². The van der Waals surface area contributed by atoms with Crippen LogP contribution < -0.4 is 14.2 Å². The molecule has 0 unspecified atom stereocenters. The van der Waals surface area contributed by atoms with E-state index in [0.717, 1.165) is 16.8 Å². The number of hydrogen-bond acceptors (Lipinski definition) is 7. The van der Waals surface area contributed by atoms with E-state index in [2.05, 4.69) is 20.0 Å². The summed E-state index contributed by atoms with van der Waals surface area (Å²) in [4.78, 5) is 0.113. The molecule has 4 aromatic rings. The smallest absolute Gasteiger partial charge is 0.244 e. The second-order valence-corrected chi connectivity index (χ2v) is 9.27. The molecule has 0 atom stereocenters. The van der Waals surface area contributed by atoms with Crippen LogP contribution in [0.15, 0.2) is 65.6 Å². The average Bonchev–Trinajstić information content (AvgIpc) is 3.17. The molecule has 1 N–H and O–H groups in total. The average molecular weight is 480 g/mol. The molecule has 0 saturated heterocycles. The van der Waals surface area contributed by atoms with E-state index in [1.165, 1.54) is 11.8 Å². The molecule has 176 valence electrons. The van der Waals surface area contributed by atoms with Crippen LogP contribution in [0.1, 0.15) is 17.0 Å². The van der Waals surface area contributed by atoms with E-state index in [1.54, 1.807) is 45.2 Å². The molecule has 0 aliphatic carbocycles. The Bertz CT molecular complexity index is 1400. The third-order valence-corrected chi connectivity index (χ3v) is 7.00. The fraction of sp³-hybridized carbons (Fsp3) is 0.208. The lowest BCUT2D eigenvalue weighted by atomic mass is 10.1. The maximum atomic E-state index is 13.2. The highest BCUT2D eigenvalue weighted by molar-refractivity contribution is 7.89. The van der Waals surface area contributed by atoms with Crippen molar-refractivity contribution >= 4 is 10.0 Å². The number of nitrogens with one attached hydrogen (secondary N) is 1. The van der Waals surface area contributed by atoms with Crippen LogP contribution in [0.25, 0.3) is 17.1 Å². The predicted molar refractivity (Wildman–Crippen MR) is 128 cm³/mol. The highest BCUT2D eigenvalue weighted by Gasteiger charge is 2.25. The van der Waals surface area contributed by atoms with Gasteiger partial charge in [-0.05, 0) is 43.7 Å². The second-order valence-electron chi connectivity index (χ2n) is 7.57. The number of aromatic nitrogens is 4. The highest BCUT2D eigenvalue weighted by Crippen LogP contribution is 2.28. The molecular formula is C24H25N5O4S. The quantitative estimate of drug-likeness (QED) is 0.412. The Labute approximate surface area is 198 Å². The van der Waals surface area contributed by atoms with E-state index in [9.17, 15) is 8.42 Å². The van der Waals surface area contributed by atoms with Crippen molar-refractivity contribution in [3.63, 3.8) is 0 Å². The molecule has 0 amide bonds. The van der Waals surface area contributed by atoms with Crippen LogP contribution in [0.4, 0.5) is 0 Å². The number of aryl methyl sites for hydroxylation is 1. The minimum absolute atomic E-state index is 0.0817. The maximum Gasteiger partial charge on any atom is 0.244 e. The summed E-state index contributed by atoms with van der Waals surface area (Å²) in [5.74, 6) is 1.53. The van der Waals surface area contributed by atoms with Gasteiger partial charge >= 0.3 is 0 Å². The third-order valence-electron chi connectivity index (χ3n) is 5.34. The van der Waals surface area contributed by atoms with Crippen LogP contribution in [0.2, 0.25) is 0 Å². The van der Waals surface area contributed by atoms with Crippen LogP contribution in [0.5, 0.6) is 11.5 Å². The Morgan fingerprint density at radius 2 is 1.65 bits per heavy atom. The summed E-state index contributed by atoms with van der Waals surface area (Å²) >= 11 is 0. The van der Waals surface area contributed by atoms with Gasteiger partial charge in [-0.3, -0.25) is 0 Å². The van der Waals surface area contributed by atoms with Gasteiger partial charge in [0.15, 0.2) is 17.3 Å². The van der Waals surface area contributed by atoms with Gasteiger partial charge in [0.2, 0.25) is 10.0 Å². The van der Waals surface area contributed by atoms with Crippen molar-refractivity contribution in [1.29, 1.82) is 0 Å². The van der Waals surface area contributed by atoms with Crippen molar-refractivity contribution in [2.45, 2.75) is 25.3 Å². The summed E-state index contributed by atoms with van der Waals surface area (Å²) in [6.07, 6.45) is 0. The number of methoxy groups -OCH3 is 2. The van der Waals surface area contributed by atoms with Gasteiger partial charge in [0.05, 0.1) is 31.3 Å². The van der Waals surface area contributed by atoms with Crippen molar-refractivity contribution in [2.75, 3.05) is 14.2 Å². The van der Waals surface area contributed by atoms with Crippen LogP contribution in [-0.4, -0.2) is 42.6 Å². The Hall–Kier alpha value is -3.76. The number of rotatable bonds is 8. The normalized spacial score (nSPS) is 11.4. The number of nitrogens with zero attached hydrogens (tertiary/aromatic N) is 4. The van der Waals surface area contributed by atoms with E-state index in [-0.39, 0.29) is 11.4 Å². The molecule has 10 heteroatoms. The first-order valence-electron chi connectivity index (χ1n) is 10.5. The van der Waals surface area contributed by atoms with Crippen molar-refractivity contribution in [3.05, 3.63) is 77.6 Å². The maximum absolute atomic E-state index is 13.2. The van der Waals surface area contributed by atoms with Gasteiger partial charge in [-0.15, -0.1) is 10.2 Å². The summed E-state index contributed by atoms with van der Waals surface area (Å²) < 4.78 is 41.0. The van der Waals surface area contributed by atoms with Crippen molar-refractivity contribution in [1.82, 2.24) is 24.7 Å². The van der Waals surface area contributed by atoms with Gasteiger partial charge in [-0.2, -0.15) is 5.10 Å². The monoisotopic (exact) mass is 479 g/mol. The van der Waals surface area contributed by atoms with Crippen LogP contribution in [0.3, 0.4) is 0 Å². The minimum atomic E-state index is -3.85. The predicted octanol–water partition coefficient (Wildman–Crippen LogP) is 3.44. The van der Waals surface area contributed by atoms with Crippen LogP contribution in [0, 0.1) is 13.8 Å². The van der Waals surface area contributed by atoms with Crippen molar-refractivity contribution in [2.24, 2.45) is 0 Å². The Balaban J connectivity index is 1.58. The standard InChI is InChI=1S/C24H25N5O4S/c1-16-24(34(30,31)25-15-18-10-12-21(32-3)22(14-18)33-4)17(2)29(28-16)23-13-11-20(26-27-23)19-8-6-5-7-9-19/h5-14,25H,15H2,1-4H3. The van der Waals surface area contributed by atoms with Gasteiger partial charge in [0, 0.05) is 12.1 Å². The molecule has 4 rings (SSSR count). The molecule has 0 bridgehead atoms. The highest BCUT2D eigenvalue weighted by atomic mass is 32.2. The van der Waals surface area contributed by atoms with Gasteiger partial charge in [0.1, 0.15) is 4.90 Å². The minimum Gasteiger partial charge on any atom is -0.493 e. The zero-order chi connectivity index (χ0) is 24.3. The molecule has 0 aliphatic heterocycles. The molecule has 0 saturated carbocycles. The van der Waals surface area contributed by atoms with E-state index >= 15 is 0 Å². The van der Waals surface area contributed by atoms with Gasteiger partial charge < -0.3 is 9.47 Å². The lowest BCUT2D eigenvalue weighted by Crippen LogP contribution is -2.24. The number of sulfonamides is 1. The second kappa shape index (κ2) is 9.62. The first-order valence-corrected chi connectivity index (χ1v) is 12.0. The van der Waals surface area contributed by atoms with E-state index in [1.807, 2.05) is 36.4 Å². The largest absolute Gasteiger partial charge is 0.493 e. The first-order chi connectivity index (χ1) is 16.3. The zero-order valence-corrected chi connectivity index (χ0v) is 20.1. The SMILES string of the molecule is COc1ccc(CNS(=O)(=O)c2c(C)nn(-c3ccc(-c4ccccc4)nn3)c2C)cc1OC. The summed E-state index contributed by atoms with van der Waals surface area (Å²) in [6, 6.07) is 18.5. The van der Waals surface area contributed by atoms with E-state index < -0.39 is 10.0 Å². The number of hydrogen-bond donors (Lipinski definition) is 1. The number of ether oxygens (including phenoxy) is 2.